The van der Waals surface area contributed by atoms with Crippen LogP contribution in [-0.4, -0.2) is 42.4 Å². The van der Waals surface area contributed by atoms with Gasteiger partial charge in [-0.15, -0.1) is 0 Å². The van der Waals surface area contributed by atoms with E-state index in [1.807, 2.05) is 24.3 Å². The summed E-state index contributed by atoms with van der Waals surface area (Å²) < 4.78 is 16.2. The second-order valence-electron chi connectivity index (χ2n) is 6.64. The van der Waals surface area contributed by atoms with Gasteiger partial charge in [-0.1, -0.05) is 12.1 Å². The number of benzene rings is 1. The van der Waals surface area contributed by atoms with E-state index in [1.54, 1.807) is 26.6 Å². The van der Waals surface area contributed by atoms with Crippen molar-refractivity contribution in [1.29, 1.82) is 0 Å². The van der Waals surface area contributed by atoms with Crippen molar-refractivity contribution in [2.24, 2.45) is 0 Å². The molecule has 0 radical (unpaired) electrons. The van der Waals surface area contributed by atoms with Crippen molar-refractivity contribution in [3.63, 3.8) is 0 Å². The van der Waals surface area contributed by atoms with Gasteiger partial charge in [0, 0.05) is 25.0 Å². The molecule has 8 heteroatoms. The number of carbonyl (C=O) groups excluding carboxylic acids is 1. The van der Waals surface area contributed by atoms with Gasteiger partial charge in [0.15, 0.2) is 0 Å². The molecule has 1 aromatic carbocycles. The van der Waals surface area contributed by atoms with Gasteiger partial charge in [-0.2, -0.15) is 0 Å². The summed E-state index contributed by atoms with van der Waals surface area (Å²) in [6.07, 6.45) is 6.57. The zero-order valence-electron chi connectivity index (χ0n) is 16.2. The molecule has 0 spiro atoms. The minimum absolute atomic E-state index is 0.0472. The number of hydrogen-bond donors (Lipinski definition) is 2. The van der Waals surface area contributed by atoms with Crippen molar-refractivity contribution >= 4 is 6.03 Å². The number of nitrogens with one attached hydrogen (secondary N) is 2. The first kappa shape index (κ1) is 19.7. The molecule has 2 aromatic rings. The van der Waals surface area contributed by atoms with Crippen LogP contribution in [0.2, 0.25) is 0 Å². The third kappa shape index (κ3) is 5.48. The highest BCUT2D eigenvalue weighted by atomic mass is 16.5. The van der Waals surface area contributed by atoms with Crippen LogP contribution in [0.4, 0.5) is 4.79 Å². The minimum Gasteiger partial charge on any atom is -0.497 e. The molecule has 0 saturated heterocycles. The van der Waals surface area contributed by atoms with Gasteiger partial charge >= 0.3 is 6.03 Å². The molecular weight excluding hydrogens is 360 g/mol. The molecule has 2 N–H and O–H groups in total. The molecule has 1 aliphatic rings. The molecule has 28 heavy (non-hydrogen) atoms. The summed E-state index contributed by atoms with van der Waals surface area (Å²) in [6, 6.07) is 7.60. The van der Waals surface area contributed by atoms with E-state index >= 15 is 0 Å². The highest BCUT2D eigenvalue weighted by Gasteiger charge is 2.25. The van der Waals surface area contributed by atoms with Gasteiger partial charge < -0.3 is 24.8 Å². The van der Waals surface area contributed by atoms with E-state index < -0.39 is 0 Å². The average Bonchev–Trinajstić information content (AvgIpc) is 2.74. The van der Waals surface area contributed by atoms with Gasteiger partial charge in [0.05, 0.1) is 14.2 Å². The molecule has 0 bridgehead atoms. The Kier molecular flexibility index (Phi) is 6.89. The number of hydrogen-bond acceptors (Lipinski definition) is 6. The van der Waals surface area contributed by atoms with Crippen molar-refractivity contribution in [3.05, 3.63) is 42.2 Å². The number of methoxy groups -OCH3 is 2. The Hall–Kier alpha value is -3.03. The summed E-state index contributed by atoms with van der Waals surface area (Å²) in [5, 5.41) is 5.93. The van der Waals surface area contributed by atoms with E-state index in [-0.39, 0.29) is 18.2 Å². The second-order valence-corrected chi connectivity index (χ2v) is 6.64. The molecule has 1 aromatic heterocycles. The molecule has 3 rings (SSSR count). The number of carbonyl (C=O) groups is 1. The van der Waals surface area contributed by atoms with Gasteiger partial charge in [-0.25, -0.2) is 14.8 Å². The molecule has 1 saturated carbocycles. The molecule has 0 atom stereocenters. The average molecular weight is 386 g/mol. The molecule has 8 nitrogen and oxygen atoms in total. The Morgan fingerprint density at radius 1 is 1.00 bits per heavy atom. The van der Waals surface area contributed by atoms with Crippen LogP contribution in [0, 0.1) is 0 Å². The fourth-order valence-electron chi connectivity index (χ4n) is 3.18. The minimum atomic E-state index is -0.157. The molecule has 1 aliphatic carbocycles. The van der Waals surface area contributed by atoms with E-state index in [2.05, 4.69) is 20.6 Å². The summed E-state index contributed by atoms with van der Waals surface area (Å²) >= 11 is 0. The van der Waals surface area contributed by atoms with Crippen molar-refractivity contribution in [3.8, 4) is 17.5 Å². The Bertz CT molecular complexity index is 761. The smallest absolute Gasteiger partial charge is 0.315 e. The second kappa shape index (κ2) is 9.77. The van der Waals surface area contributed by atoms with Crippen LogP contribution < -0.4 is 24.8 Å². The van der Waals surface area contributed by atoms with E-state index in [9.17, 15) is 4.79 Å². The third-order valence-electron chi connectivity index (χ3n) is 4.73. The Morgan fingerprint density at radius 3 is 2.32 bits per heavy atom. The number of amides is 2. The standard InChI is InChI=1S/C20H26N4O4/c1-26-16-7-3-14(4-8-16)13-23-20(25)24-15-5-9-17(10-6-15)28-19-18(27-2)21-11-12-22-19/h3-4,7-8,11-12,15,17H,5-6,9-10,13H2,1-2H3,(H2,23,24,25). The number of aromatic nitrogens is 2. The number of urea groups is 1. The maximum Gasteiger partial charge on any atom is 0.315 e. The maximum absolute atomic E-state index is 12.2. The van der Waals surface area contributed by atoms with Crippen LogP contribution in [0.25, 0.3) is 0 Å². The number of ether oxygens (including phenoxy) is 3. The van der Waals surface area contributed by atoms with Crippen LogP contribution in [0.1, 0.15) is 31.2 Å². The van der Waals surface area contributed by atoms with E-state index in [0.717, 1.165) is 37.0 Å². The molecule has 150 valence electrons. The monoisotopic (exact) mass is 386 g/mol. The van der Waals surface area contributed by atoms with E-state index in [0.29, 0.717) is 18.3 Å². The lowest BCUT2D eigenvalue weighted by atomic mass is 9.93. The van der Waals surface area contributed by atoms with Crippen molar-refractivity contribution < 1.29 is 19.0 Å². The normalized spacial score (nSPS) is 18.8. The van der Waals surface area contributed by atoms with Crippen molar-refractivity contribution in [2.75, 3.05) is 14.2 Å². The van der Waals surface area contributed by atoms with Gasteiger partial charge in [0.2, 0.25) is 0 Å². The summed E-state index contributed by atoms with van der Waals surface area (Å²) in [5.74, 6) is 1.60. The van der Waals surface area contributed by atoms with Crippen LogP contribution >= 0.6 is 0 Å². The zero-order valence-corrected chi connectivity index (χ0v) is 16.2. The lowest BCUT2D eigenvalue weighted by Crippen LogP contribution is -2.44. The third-order valence-corrected chi connectivity index (χ3v) is 4.73. The molecule has 2 amide bonds. The van der Waals surface area contributed by atoms with Crippen molar-refractivity contribution in [2.45, 2.75) is 44.4 Å². The fourth-order valence-corrected chi connectivity index (χ4v) is 3.18. The molecular formula is C20H26N4O4. The first-order valence-corrected chi connectivity index (χ1v) is 9.37. The van der Waals surface area contributed by atoms with Crippen molar-refractivity contribution in [1.82, 2.24) is 20.6 Å². The maximum atomic E-state index is 12.2. The molecule has 0 aliphatic heterocycles. The predicted molar refractivity (Wildman–Crippen MR) is 104 cm³/mol. The van der Waals surface area contributed by atoms with E-state index in [4.69, 9.17) is 14.2 Å². The van der Waals surface area contributed by atoms with Gasteiger partial charge in [0.1, 0.15) is 11.9 Å². The lowest BCUT2D eigenvalue weighted by Gasteiger charge is -2.29. The SMILES string of the molecule is COc1ccc(CNC(=O)NC2CCC(Oc3nccnc3OC)CC2)cc1. The number of nitrogens with zero attached hydrogens (tertiary/aromatic N) is 2. The molecule has 1 heterocycles. The lowest BCUT2D eigenvalue weighted by molar-refractivity contribution is 0.129. The highest BCUT2D eigenvalue weighted by molar-refractivity contribution is 5.74. The van der Waals surface area contributed by atoms with Gasteiger partial charge in [-0.05, 0) is 43.4 Å². The fraction of sp³-hybridized carbons (Fsp3) is 0.450. The van der Waals surface area contributed by atoms with Gasteiger partial charge in [-0.3, -0.25) is 0 Å². The quantitative estimate of drug-likeness (QED) is 0.760. The molecule has 0 unspecified atom stereocenters. The van der Waals surface area contributed by atoms with E-state index in [1.165, 1.54) is 0 Å². The predicted octanol–water partition coefficient (Wildman–Crippen LogP) is 2.68. The Morgan fingerprint density at radius 2 is 1.68 bits per heavy atom. The molecule has 1 fully saturated rings. The summed E-state index contributed by atoms with van der Waals surface area (Å²) in [5.41, 5.74) is 1.02. The van der Waals surface area contributed by atoms with Crippen LogP contribution in [0.3, 0.4) is 0 Å². The first-order valence-electron chi connectivity index (χ1n) is 9.37. The largest absolute Gasteiger partial charge is 0.497 e. The summed E-state index contributed by atoms with van der Waals surface area (Å²) in [4.78, 5) is 20.4. The van der Waals surface area contributed by atoms with Crippen LogP contribution in [-0.2, 0) is 6.54 Å². The number of rotatable bonds is 7. The summed E-state index contributed by atoms with van der Waals surface area (Å²) in [6.45, 7) is 0.473. The topological polar surface area (TPSA) is 94.6 Å². The summed E-state index contributed by atoms with van der Waals surface area (Å²) in [7, 11) is 3.17. The Balaban J connectivity index is 1.39. The van der Waals surface area contributed by atoms with Crippen LogP contribution in [0.15, 0.2) is 36.7 Å². The Labute approximate surface area is 164 Å². The van der Waals surface area contributed by atoms with Gasteiger partial charge in [0.25, 0.3) is 11.8 Å². The first-order chi connectivity index (χ1) is 13.7. The zero-order chi connectivity index (χ0) is 19.8. The van der Waals surface area contributed by atoms with Crippen LogP contribution in [0.5, 0.6) is 17.5 Å². The highest BCUT2D eigenvalue weighted by Crippen LogP contribution is 2.27.